The fraction of sp³-hybridized carbons (Fsp3) is 0.125. The molecule has 3 rings (SSSR count). The lowest BCUT2D eigenvalue weighted by Gasteiger charge is -2.05. The second-order valence-electron chi connectivity index (χ2n) is 4.77. The molecule has 0 aliphatic rings. The Labute approximate surface area is 116 Å². The van der Waals surface area contributed by atoms with Crippen LogP contribution in [-0.2, 0) is 6.54 Å². The Morgan fingerprint density at radius 1 is 1.25 bits per heavy atom. The highest BCUT2D eigenvalue weighted by Gasteiger charge is 2.11. The zero-order valence-corrected chi connectivity index (χ0v) is 11.2. The number of aromatic nitrogens is 2. The van der Waals surface area contributed by atoms with Crippen molar-refractivity contribution in [1.82, 2.24) is 15.3 Å². The van der Waals surface area contributed by atoms with Crippen LogP contribution in [-0.4, -0.2) is 15.9 Å². The average Bonchev–Trinajstić information content (AvgIpc) is 2.90. The molecule has 4 nitrogen and oxygen atoms in total. The first-order valence-electron chi connectivity index (χ1n) is 6.50. The maximum absolute atomic E-state index is 12.2. The van der Waals surface area contributed by atoms with Gasteiger partial charge in [0.1, 0.15) is 5.65 Å². The van der Waals surface area contributed by atoms with Crippen LogP contribution in [0, 0.1) is 6.92 Å². The van der Waals surface area contributed by atoms with Crippen LogP contribution < -0.4 is 5.32 Å². The smallest absolute Gasteiger partial charge is 0.253 e. The van der Waals surface area contributed by atoms with Gasteiger partial charge in [0.2, 0.25) is 0 Å². The van der Waals surface area contributed by atoms with E-state index in [2.05, 4.69) is 15.3 Å². The number of aryl methyl sites for hydroxylation is 1. The SMILES string of the molecule is Cc1ccc(CNC(=O)c2c[nH]c3ncccc23)cc1. The molecule has 0 atom stereocenters. The molecule has 0 radical (unpaired) electrons. The molecule has 1 amide bonds. The molecular formula is C16H15N3O. The van der Waals surface area contributed by atoms with E-state index in [0.29, 0.717) is 12.1 Å². The molecule has 0 saturated carbocycles. The van der Waals surface area contributed by atoms with Crippen molar-refractivity contribution < 1.29 is 4.79 Å². The van der Waals surface area contributed by atoms with Crippen LogP contribution in [0.15, 0.2) is 48.8 Å². The van der Waals surface area contributed by atoms with E-state index in [1.54, 1.807) is 12.4 Å². The molecule has 4 heteroatoms. The van der Waals surface area contributed by atoms with Crippen molar-refractivity contribution in [3.63, 3.8) is 0 Å². The number of H-pyrrole nitrogens is 1. The molecular weight excluding hydrogens is 250 g/mol. The molecule has 1 aromatic carbocycles. The van der Waals surface area contributed by atoms with Gasteiger partial charge in [-0.1, -0.05) is 29.8 Å². The van der Waals surface area contributed by atoms with Gasteiger partial charge in [-0.05, 0) is 24.6 Å². The highest BCUT2D eigenvalue weighted by atomic mass is 16.1. The van der Waals surface area contributed by atoms with E-state index in [-0.39, 0.29) is 5.91 Å². The monoisotopic (exact) mass is 265 g/mol. The van der Waals surface area contributed by atoms with E-state index in [4.69, 9.17) is 0 Å². The zero-order valence-electron chi connectivity index (χ0n) is 11.2. The number of benzene rings is 1. The van der Waals surface area contributed by atoms with Gasteiger partial charge in [0, 0.05) is 24.3 Å². The number of nitrogens with one attached hydrogen (secondary N) is 2. The van der Waals surface area contributed by atoms with Crippen molar-refractivity contribution >= 4 is 16.9 Å². The Hall–Kier alpha value is -2.62. The third kappa shape index (κ3) is 2.40. The van der Waals surface area contributed by atoms with Gasteiger partial charge in [-0.25, -0.2) is 4.98 Å². The molecule has 0 aliphatic carbocycles. The standard InChI is InChI=1S/C16H15N3O/c1-11-4-6-12(7-5-11)9-19-16(20)14-10-18-15-13(14)3-2-8-17-15/h2-8,10H,9H2,1H3,(H,17,18)(H,19,20). The predicted octanol–water partition coefficient (Wildman–Crippen LogP) is 2.80. The zero-order chi connectivity index (χ0) is 13.9. The molecule has 3 aromatic rings. The summed E-state index contributed by atoms with van der Waals surface area (Å²) in [6.45, 7) is 2.56. The largest absolute Gasteiger partial charge is 0.348 e. The van der Waals surface area contributed by atoms with Crippen LogP contribution in [0.4, 0.5) is 0 Å². The van der Waals surface area contributed by atoms with E-state index in [9.17, 15) is 4.79 Å². The minimum atomic E-state index is -0.0928. The van der Waals surface area contributed by atoms with E-state index in [0.717, 1.165) is 16.6 Å². The van der Waals surface area contributed by atoms with Gasteiger partial charge >= 0.3 is 0 Å². The Morgan fingerprint density at radius 2 is 2.05 bits per heavy atom. The van der Waals surface area contributed by atoms with Crippen molar-refractivity contribution in [3.8, 4) is 0 Å². The molecule has 0 spiro atoms. The Morgan fingerprint density at radius 3 is 2.85 bits per heavy atom. The molecule has 2 heterocycles. The molecule has 100 valence electrons. The molecule has 0 aliphatic heterocycles. The number of aromatic amines is 1. The van der Waals surface area contributed by atoms with E-state index in [1.165, 1.54) is 5.56 Å². The lowest BCUT2D eigenvalue weighted by molar-refractivity contribution is 0.0952. The van der Waals surface area contributed by atoms with Gasteiger partial charge in [-0.15, -0.1) is 0 Å². The van der Waals surface area contributed by atoms with E-state index < -0.39 is 0 Å². The number of hydrogen-bond acceptors (Lipinski definition) is 2. The Kier molecular flexibility index (Phi) is 3.21. The van der Waals surface area contributed by atoms with Crippen LogP contribution >= 0.6 is 0 Å². The molecule has 2 N–H and O–H groups in total. The van der Waals surface area contributed by atoms with Crippen molar-refractivity contribution in [2.45, 2.75) is 13.5 Å². The summed E-state index contributed by atoms with van der Waals surface area (Å²) in [5.74, 6) is -0.0928. The molecule has 0 fully saturated rings. The Balaban J connectivity index is 1.75. The van der Waals surface area contributed by atoms with Gasteiger partial charge in [0.05, 0.1) is 5.56 Å². The summed E-state index contributed by atoms with van der Waals surface area (Å²) in [4.78, 5) is 19.4. The van der Waals surface area contributed by atoms with Gasteiger partial charge in [-0.2, -0.15) is 0 Å². The lowest BCUT2D eigenvalue weighted by Crippen LogP contribution is -2.22. The van der Waals surface area contributed by atoms with Crippen LogP contribution in [0.5, 0.6) is 0 Å². The molecule has 0 bridgehead atoms. The lowest BCUT2D eigenvalue weighted by atomic mass is 10.1. The highest BCUT2D eigenvalue weighted by molar-refractivity contribution is 6.05. The number of carbonyl (C=O) groups is 1. The first kappa shape index (κ1) is 12.4. The normalized spacial score (nSPS) is 10.7. The maximum Gasteiger partial charge on any atom is 0.253 e. The maximum atomic E-state index is 12.2. The first-order chi connectivity index (χ1) is 9.74. The van der Waals surface area contributed by atoms with Crippen LogP contribution in [0.3, 0.4) is 0 Å². The van der Waals surface area contributed by atoms with Crippen molar-refractivity contribution in [1.29, 1.82) is 0 Å². The molecule has 0 saturated heterocycles. The average molecular weight is 265 g/mol. The van der Waals surface area contributed by atoms with Crippen molar-refractivity contribution in [2.24, 2.45) is 0 Å². The molecule has 2 aromatic heterocycles. The summed E-state index contributed by atoms with van der Waals surface area (Å²) in [5, 5.41) is 3.77. The summed E-state index contributed by atoms with van der Waals surface area (Å²) in [6.07, 6.45) is 3.40. The number of pyridine rings is 1. The summed E-state index contributed by atoms with van der Waals surface area (Å²) < 4.78 is 0. The number of rotatable bonds is 3. The minimum Gasteiger partial charge on any atom is -0.348 e. The second kappa shape index (κ2) is 5.17. The van der Waals surface area contributed by atoms with E-state index >= 15 is 0 Å². The van der Waals surface area contributed by atoms with E-state index in [1.807, 2.05) is 43.3 Å². The highest BCUT2D eigenvalue weighted by Crippen LogP contribution is 2.15. The third-order valence-electron chi connectivity index (χ3n) is 3.27. The fourth-order valence-corrected chi connectivity index (χ4v) is 2.13. The second-order valence-corrected chi connectivity index (χ2v) is 4.77. The summed E-state index contributed by atoms with van der Waals surface area (Å²) >= 11 is 0. The summed E-state index contributed by atoms with van der Waals surface area (Å²) in [6, 6.07) is 11.8. The predicted molar refractivity (Wildman–Crippen MR) is 78.4 cm³/mol. The van der Waals surface area contributed by atoms with Crippen LogP contribution in [0.1, 0.15) is 21.5 Å². The molecule has 20 heavy (non-hydrogen) atoms. The number of fused-ring (bicyclic) bond motifs is 1. The van der Waals surface area contributed by atoms with Crippen LogP contribution in [0.2, 0.25) is 0 Å². The quantitative estimate of drug-likeness (QED) is 0.765. The first-order valence-corrected chi connectivity index (χ1v) is 6.50. The summed E-state index contributed by atoms with van der Waals surface area (Å²) in [5.41, 5.74) is 3.65. The van der Waals surface area contributed by atoms with Crippen LogP contribution in [0.25, 0.3) is 11.0 Å². The number of nitrogens with zero attached hydrogens (tertiary/aromatic N) is 1. The minimum absolute atomic E-state index is 0.0928. The number of carbonyl (C=O) groups excluding carboxylic acids is 1. The van der Waals surface area contributed by atoms with Gasteiger partial charge < -0.3 is 10.3 Å². The van der Waals surface area contributed by atoms with Crippen molar-refractivity contribution in [3.05, 3.63) is 65.5 Å². The van der Waals surface area contributed by atoms with Gasteiger partial charge in [0.15, 0.2) is 0 Å². The number of hydrogen-bond donors (Lipinski definition) is 2. The van der Waals surface area contributed by atoms with Crippen molar-refractivity contribution in [2.75, 3.05) is 0 Å². The molecule has 0 unspecified atom stereocenters. The fourth-order valence-electron chi connectivity index (χ4n) is 2.13. The van der Waals surface area contributed by atoms with Gasteiger partial charge in [-0.3, -0.25) is 4.79 Å². The topological polar surface area (TPSA) is 57.8 Å². The third-order valence-corrected chi connectivity index (χ3v) is 3.27. The summed E-state index contributed by atoms with van der Waals surface area (Å²) in [7, 11) is 0. The number of amides is 1. The Bertz CT molecular complexity index is 744. The van der Waals surface area contributed by atoms with Gasteiger partial charge in [0.25, 0.3) is 5.91 Å².